The van der Waals surface area contributed by atoms with E-state index in [1.807, 2.05) is 0 Å². The van der Waals surface area contributed by atoms with Crippen LogP contribution >= 0.6 is 0 Å². The second-order valence-electron chi connectivity index (χ2n) is 3.71. The van der Waals surface area contributed by atoms with E-state index >= 15 is 0 Å². The molecule has 0 fully saturated rings. The van der Waals surface area contributed by atoms with Crippen LogP contribution in [0.2, 0.25) is 0 Å². The summed E-state index contributed by atoms with van der Waals surface area (Å²) in [7, 11) is -1.98. The molecule has 0 aliphatic carbocycles. The molecule has 0 amide bonds. The highest BCUT2D eigenvalue weighted by Crippen LogP contribution is 2.15. The van der Waals surface area contributed by atoms with Crippen LogP contribution in [0.5, 0.6) is 5.75 Å². The maximum Gasteiger partial charge on any atom is 0.240 e. The molecule has 1 aromatic carbocycles. The Bertz CT molecular complexity index is 439. The van der Waals surface area contributed by atoms with E-state index in [1.165, 1.54) is 19.2 Å². The molecule has 5 nitrogen and oxygen atoms in total. The summed E-state index contributed by atoms with van der Waals surface area (Å²) in [6.07, 6.45) is -0.136. The number of rotatable bonds is 6. The highest BCUT2D eigenvalue weighted by atomic mass is 32.2. The van der Waals surface area contributed by atoms with Crippen LogP contribution in [0.25, 0.3) is 0 Å². The smallest absolute Gasteiger partial charge is 0.240 e. The van der Waals surface area contributed by atoms with E-state index in [0.29, 0.717) is 12.2 Å². The average Bonchev–Trinajstić information content (AvgIpc) is 2.28. The standard InChI is InChI=1S/C11H17NO4S/c1-9(13)7-8-12-17(14,15)11-5-3-10(16-2)4-6-11/h3-6,9,12-13H,7-8H2,1-2H3. The van der Waals surface area contributed by atoms with Crippen molar-refractivity contribution in [2.24, 2.45) is 0 Å². The van der Waals surface area contributed by atoms with Crippen molar-refractivity contribution in [3.05, 3.63) is 24.3 Å². The number of methoxy groups -OCH3 is 1. The van der Waals surface area contributed by atoms with Gasteiger partial charge in [0.15, 0.2) is 0 Å². The molecule has 0 heterocycles. The minimum Gasteiger partial charge on any atom is -0.497 e. The van der Waals surface area contributed by atoms with Crippen molar-refractivity contribution in [1.29, 1.82) is 0 Å². The quantitative estimate of drug-likeness (QED) is 0.790. The van der Waals surface area contributed by atoms with E-state index in [1.54, 1.807) is 19.1 Å². The molecule has 1 atom stereocenters. The molecule has 1 unspecified atom stereocenters. The van der Waals surface area contributed by atoms with Crippen LogP contribution in [0.4, 0.5) is 0 Å². The first-order chi connectivity index (χ1) is 7.95. The Morgan fingerprint density at radius 3 is 2.41 bits per heavy atom. The number of benzene rings is 1. The molecule has 0 spiro atoms. The summed E-state index contributed by atoms with van der Waals surface area (Å²) in [4.78, 5) is 0.184. The molecule has 0 aliphatic rings. The Balaban J connectivity index is 2.68. The Kier molecular flexibility index (Phi) is 4.92. The third-order valence-electron chi connectivity index (χ3n) is 2.22. The second-order valence-corrected chi connectivity index (χ2v) is 5.48. The highest BCUT2D eigenvalue weighted by Gasteiger charge is 2.13. The van der Waals surface area contributed by atoms with E-state index in [4.69, 9.17) is 9.84 Å². The Morgan fingerprint density at radius 1 is 1.35 bits per heavy atom. The lowest BCUT2D eigenvalue weighted by Crippen LogP contribution is -2.26. The number of hydrogen-bond acceptors (Lipinski definition) is 4. The molecule has 2 N–H and O–H groups in total. The Hall–Kier alpha value is -1.11. The maximum atomic E-state index is 11.8. The molecular weight excluding hydrogens is 242 g/mol. The van der Waals surface area contributed by atoms with Crippen molar-refractivity contribution in [2.75, 3.05) is 13.7 Å². The lowest BCUT2D eigenvalue weighted by Gasteiger charge is -2.08. The normalized spacial score (nSPS) is 13.4. The lowest BCUT2D eigenvalue weighted by atomic mass is 10.3. The van der Waals surface area contributed by atoms with Crippen LogP contribution in [0, 0.1) is 0 Å². The van der Waals surface area contributed by atoms with Crippen molar-refractivity contribution in [3.8, 4) is 5.75 Å². The summed E-state index contributed by atoms with van der Waals surface area (Å²) >= 11 is 0. The molecule has 17 heavy (non-hydrogen) atoms. The molecule has 6 heteroatoms. The van der Waals surface area contributed by atoms with E-state index in [0.717, 1.165) is 0 Å². The zero-order chi connectivity index (χ0) is 12.9. The minimum atomic E-state index is -3.50. The molecular formula is C11H17NO4S. The summed E-state index contributed by atoms with van der Waals surface area (Å²) < 4.78 is 30.9. The van der Waals surface area contributed by atoms with Gasteiger partial charge >= 0.3 is 0 Å². The zero-order valence-corrected chi connectivity index (χ0v) is 10.7. The number of nitrogens with one attached hydrogen (secondary N) is 1. The van der Waals surface area contributed by atoms with Crippen LogP contribution in [0.1, 0.15) is 13.3 Å². The van der Waals surface area contributed by atoms with Crippen molar-refractivity contribution in [1.82, 2.24) is 4.72 Å². The first kappa shape index (κ1) is 14.0. The van der Waals surface area contributed by atoms with Crippen molar-refractivity contribution < 1.29 is 18.3 Å². The SMILES string of the molecule is COc1ccc(S(=O)(=O)NCCC(C)O)cc1. The zero-order valence-electron chi connectivity index (χ0n) is 9.88. The molecule has 1 rings (SSSR count). The summed E-state index contributed by atoms with van der Waals surface area (Å²) in [6, 6.07) is 6.12. The Morgan fingerprint density at radius 2 is 1.94 bits per heavy atom. The largest absolute Gasteiger partial charge is 0.497 e. The van der Waals surface area contributed by atoms with Crippen LogP contribution in [-0.2, 0) is 10.0 Å². The summed E-state index contributed by atoms with van der Waals surface area (Å²) in [5.74, 6) is 0.605. The van der Waals surface area contributed by atoms with E-state index in [-0.39, 0.29) is 11.4 Å². The topological polar surface area (TPSA) is 75.6 Å². The first-order valence-electron chi connectivity index (χ1n) is 5.27. The van der Waals surface area contributed by atoms with Gasteiger partial charge in [-0.2, -0.15) is 0 Å². The lowest BCUT2D eigenvalue weighted by molar-refractivity contribution is 0.186. The van der Waals surface area contributed by atoms with Crippen LogP contribution in [0.3, 0.4) is 0 Å². The van der Waals surface area contributed by atoms with Crippen molar-refractivity contribution >= 4 is 10.0 Å². The molecule has 0 aromatic heterocycles. The number of aliphatic hydroxyl groups excluding tert-OH is 1. The van der Waals surface area contributed by atoms with Crippen molar-refractivity contribution in [3.63, 3.8) is 0 Å². The van der Waals surface area contributed by atoms with Crippen LogP contribution in [0.15, 0.2) is 29.2 Å². The molecule has 0 saturated carbocycles. The van der Waals surface area contributed by atoms with Gasteiger partial charge in [0.05, 0.1) is 18.1 Å². The Labute approximate surface area is 101 Å². The first-order valence-corrected chi connectivity index (χ1v) is 6.76. The fourth-order valence-corrected chi connectivity index (χ4v) is 2.29. The molecule has 96 valence electrons. The second kappa shape index (κ2) is 6.00. The van der Waals surface area contributed by atoms with Gasteiger partial charge in [-0.3, -0.25) is 0 Å². The van der Waals surface area contributed by atoms with Gasteiger partial charge in [0.1, 0.15) is 5.75 Å². The van der Waals surface area contributed by atoms with Gasteiger partial charge in [-0.1, -0.05) is 0 Å². The van der Waals surface area contributed by atoms with Gasteiger partial charge in [0.25, 0.3) is 0 Å². The summed E-state index contributed by atoms with van der Waals surface area (Å²) in [5.41, 5.74) is 0. The summed E-state index contributed by atoms with van der Waals surface area (Å²) in [5, 5.41) is 9.04. The van der Waals surface area contributed by atoms with E-state index < -0.39 is 16.1 Å². The number of hydrogen-bond donors (Lipinski definition) is 2. The van der Waals surface area contributed by atoms with Gasteiger partial charge in [-0.15, -0.1) is 0 Å². The van der Waals surface area contributed by atoms with E-state index in [2.05, 4.69) is 4.72 Å². The fourth-order valence-electron chi connectivity index (χ4n) is 1.24. The van der Waals surface area contributed by atoms with Gasteiger partial charge in [0.2, 0.25) is 10.0 Å². The van der Waals surface area contributed by atoms with Gasteiger partial charge in [-0.25, -0.2) is 13.1 Å². The third kappa shape index (κ3) is 4.33. The van der Waals surface area contributed by atoms with Gasteiger partial charge in [0, 0.05) is 6.54 Å². The number of aliphatic hydroxyl groups is 1. The van der Waals surface area contributed by atoms with Crippen LogP contribution < -0.4 is 9.46 Å². The van der Waals surface area contributed by atoms with Gasteiger partial charge in [-0.05, 0) is 37.6 Å². The molecule has 0 aliphatic heterocycles. The minimum absolute atomic E-state index is 0.184. The van der Waals surface area contributed by atoms with Crippen LogP contribution in [-0.4, -0.2) is 33.3 Å². The van der Waals surface area contributed by atoms with Gasteiger partial charge < -0.3 is 9.84 Å². The highest BCUT2D eigenvalue weighted by molar-refractivity contribution is 7.89. The molecule has 0 bridgehead atoms. The number of sulfonamides is 1. The predicted molar refractivity (Wildman–Crippen MR) is 64.5 cm³/mol. The average molecular weight is 259 g/mol. The predicted octanol–water partition coefficient (Wildman–Crippen LogP) is 0.744. The molecule has 0 saturated heterocycles. The monoisotopic (exact) mass is 259 g/mol. The third-order valence-corrected chi connectivity index (χ3v) is 3.70. The molecule has 0 radical (unpaired) electrons. The van der Waals surface area contributed by atoms with E-state index in [9.17, 15) is 8.42 Å². The number of ether oxygens (including phenoxy) is 1. The van der Waals surface area contributed by atoms with Crippen molar-refractivity contribution in [2.45, 2.75) is 24.3 Å². The molecule has 1 aromatic rings. The maximum absolute atomic E-state index is 11.8. The fraction of sp³-hybridized carbons (Fsp3) is 0.455. The summed E-state index contributed by atoms with van der Waals surface area (Å²) in [6.45, 7) is 1.83.